The van der Waals surface area contributed by atoms with Gasteiger partial charge in [0.2, 0.25) is 0 Å². The maximum atomic E-state index is 11.3. The molecule has 140 valence electrons. The van der Waals surface area contributed by atoms with Gasteiger partial charge in [0.05, 0.1) is 0 Å². The van der Waals surface area contributed by atoms with E-state index in [9.17, 15) is 9.90 Å². The van der Waals surface area contributed by atoms with E-state index in [0.717, 1.165) is 16.7 Å². The van der Waals surface area contributed by atoms with Crippen molar-refractivity contribution in [2.45, 2.75) is 20.0 Å². The molecule has 0 aliphatic carbocycles. The van der Waals surface area contributed by atoms with Gasteiger partial charge in [-0.2, -0.15) is 0 Å². The Kier molecular flexibility index (Phi) is 5.62. The van der Waals surface area contributed by atoms with E-state index in [2.05, 4.69) is 6.58 Å². The van der Waals surface area contributed by atoms with Crippen molar-refractivity contribution in [3.63, 3.8) is 0 Å². The number of ether oxygens (including phenoxy) is 2. The Labute approximate surface area is 157 Å². The van der Waals surface area contributed by atoms with E-state index in [1.165, 1.54) is 5.56 Å². The molecule has 0 spiro atoms. The SMILES string of the molecule is C=C(C)C(=O)OCC(O)COc1ccc2cc(-c3ccc(C)cc3)oc2c1. The second-order valence-corrected chi connectivity index (χ2v) is 6.52. The summed E-state index contributed by atoms with van der Waals surface area (Å²) in [5.74, 6) is 0.821. The minimum atomic E-state index is -0.927. The van der Waals surface area contributed by atoms with Crippen LogP contribution in [-0.2, 0) is 9.53 Å². The van der Waals surface area contributed by atoms with Gasteiger partial charge in [-0.3, -0.25) is 0 Å². The normalized spacial score (nSPS) is 12.0. The molecule has 1 aromatic heterocycles. The molecule has 27 heavy (non-hydrogen) atoms. The van der Waals surface area contributed by atoms with Crippen molar-refractivity contribution in [1.29, 1.82) is 0 Å². The van der Waals surface area contributed by atoms with Gasteiger partial charge in [0.1, 0.15) is 36.4 Å². The topological polar surface area (TPSA) is 68.9 Å². The number of fused-ring (bicyclic) bond motifs is 1. The van der Waals surface area contributed by atoms with Gasteiger partial charge < -0.3 is 19.0 Å². The quantitative estimate of drug-likeness (QED) is 0.500. The summed E-state index contributed by atoms with van der Waals surface area (Å²) in [5, 5.41) is 10.8. The molecule has 0 saturated carbocycles. The second-order valence-electron chi connectivity index (χ2n) is 6.52. The summed E-state index contributed by atoms with van der Waals surface area (Å²) in [6.07, 6.45) is -0.927. The number of aryl methyl sites for hydroxylation is 1. The van der Waals surface area contributed by atoms with Gasteiger partial charge in [-0.15, -0.1) is 0 Å². The lowest BCUT2D eigenvalue weighted by Gasteiger charge is -2.12. The minimum absolute atomic E-state index is 0.000501. The first-order chi connectivity index (χ1) is 12.9. The first-order valence-corrected chi connectivity index (χ1v) is 8.66. The van der Waals surface area contributed by atoms with Gasteiger partial charge in [-0.25, -0.2) is 4.79 Å². The van der Waals surface area contributed by atoms with E-state index in [1.54, 1.807) is 13.0 Å². The minimum Gasteiger partial charge on any atom is -0.491 e. The zero-order chi connectivity index (χ0) is 19.4. The molecule has 3 aromatic rings. The summed E-state index contributed by atoms with van der Waals surface area (Å²) in [4.78, 5) is 11.3. The molecular formula is C22H22O5. The first kappa shape index (κ1) is 18.7. The lowest BCUT2D eigenvalue weighted by Crippen LogP contribution is -2.25. The molecule has 0 saturated heterocycles. The lowest BCUT2D eigenvalue weighted by atomic mass is 10.1. The predicted molar refractivity (Wildman–Crippen MR) is 104 cm³/mol. The molecule has 0 fully saturated rings. The summed E-state index contributed by atoms with van der Waals surface area (Å²) >= 11 is 0. The largest absolute Gasteiger partial charge is 0.491 e. The summed E-state index contributed by atoms with van der Waals surface area (Å²) in [5.41, 5.74) is 3.19. The van der Waals surface area contributed by atoms with E-state index in [-0.39, 0.29) is 18.8 Å². The molecule has 0 amide bonds. The highest BCUT2D eigenvalue weighted by atomic mass is 16.5. The van der Waals surface area contributed by atoms with E-state index in [1.807, 2.05) is 49.4 Å². The van der Waals surface area contributed by atoms with Crippen LogP contribution in [0.1, 0.15) is 12.5 Å². The molecule has 1 unspecified atom stereocenters. The molecule has 5 heteroatoms. The van der Waals surface area contributed by atoms with Crippen molar-refractivity contribution in [2.24, 2.45) is 0 Å². The van der Waals surface area contributed by atoms with Gasteiger partial charge in [0.15, 0.2) is 0 Å². The van der Waals surface area contributed by atoms with E-state index < -0.39 is 12.1 Å². The Morgan fingerprint density at radius 2 is 1.89 bits per heavy atom. The van der Waals surface area contributed by atoms with Gasteiger partial charge >= 0.3 is 5.97 Å². The van der Waals surface area contributed by atoms with Crippen molar-refractivity contribution in [2.75, 3.05) is 13.2 Å². The molecule has 1 N–H and O–H groups in total. The summed E-state index contributed by atoms with van der Waals surface area (Å²) in [6, 6.07) is 15.6. The van der Waals surface area contributed by atoms with Crippen molar-refractivity contribution in [1.82, 2.24) is 0 Å². The highest BCUT2D eigenvalue weighted by Crippen LogP contribution is 2.30. The number of carbonyl (C=O) groups is 1. The summed E-state index contributed by atoms with van der Waals surface area (Å²) < 4.78 is 16.4. The third-order valence-corrected chi connectivity index (χ3v) is 4.03. The van der Waals surface area contributed by atoms with E-state index in [0.29, 0.717) is 11.3 Å². The Morgan fingerprint density at radius 3 is 2.59 bits per heavy atom. The first-order valence-electron chi connectivity index (χ1n) is 8.66. The summed E-state index contributed by atoms with van der Waals surface area (Å²) in [6.45, 7) is 6.93. The third-order valence-electron chi connectivity index (χ3n) is 4.03. The number of rotatable bonds is 7. The van der Waals surface area contributed by atoms with Crippen LogP contribution in [0, 0.1) is 6.92 Å². The van der Waals surface area contributed by atoms with Crippen LogP contribution in [0.4, 0.5) is 0 Å². The smallest absolute Gasteiger partial charge is 0.333 e. The number of furan rings is 1. The molecule has 3 rings (SSSR count). The Balaban J connectivity index is 1.63. The van der Waals surface area contributed by atoms with Crippen LogP contribution in [0.5, 0.6) is 5.75 Å². The lowest BCUT2D eigenvalue weighted by molar-refractivity contribution is -0.142. The summed E-state index contributed by atoms with van der Waals surface area (Å²) in [7, 11) is 0. The van der Waals surface area contributed by atoms with Crippen LogP contribution in [0.15, 0.2) is 65.1 Å². The number of aliphatic hydroxyl groups is 1. The van der Waals surface area contributed by atoms with E-state index >= 15 is 0 Å². The molecule has 1 atom stereocenters. The molecular weight excluding hydrogens is 344 g/mol. The van der Waals surface area contributed by atoms with Crippen LogP contribution in [-0.4, -0.2) is 30.4 Å². The van der Waals surface area contributed by atoms with Crippen LogP contribution < -0.4 is 4.74 Å². The molecule has 0 radical (unpaired) electrons. The van der Waals surface area contributed by atoms with Crippen LogP contribution in [0.3, 0.4) is 0 Å². The monoisotopic (exact) mass is 366 g/mol. The molecule has 0 aliphatic rings. The number of aliphatic hydroxyl groups excluding tert-OH is 1. The molecule has 1 heterocycles. The number of hydrogen-bond donors (Lipinski definition) is 1. The zero-order valence-electron chi connectivity index (χ0n) is 15.4. The van der Waals surface area contributed by atoms with Gasteiger partial charge in [0, 0.05) is 22.6 Å². The average Bonchev–Trinajstić information content (AvgIpc) is 3.08. The highest BCUT2D eigenvalue weighted by Gasteiger charge is 2.12. The second kappa shape index (κ2) is 8.10. The van der Waals surface area contributed by atoms with Crippen LogP contribution >= 0.6 is 0 Å². The predicted octanol–water partition coefficient (Wildman–Crippen LogP) is 4.27. The third kappa shape index (κ3) is 4.77. The molecule has 2 aromatic carbocycles. The van der Waals surface area contributed by atoms with Gasteiger partial charge in [0.25, 0.3) is 0 Å². The zero-order valence-corrected chi connectivity index (χ0v) is 15.4. The Bertz CT molecular complexity index is 952. The number of benzene rings is 2. The maximum absolute atomic E-state index is 11.3. The standard InChI is InChI=1S/C22H22O5/c1-14(2)22(24)26-13-18(23)12-25-19-9-8-17-10-20(27-21(17)11-19)16-6-4-15(3)5-7-16/h4-11,18,23H,1,12-13H2,2-3H3. The van der Waals surface area contributed by atoms with Crippen LogP contribution in [0.2, 0.25) is 0 Å². The molecule has 0 aliphatic heterocycles. The number of carbonyl (C=O) groups excluding carboxylic acids is 1. The fourth-order valence-corrected chi connectivity index (χ4v) is 2.50. The highest BCUT2D eigenvalue weighted by molar-refractivity contribution is 5.87. The maximum Gasteiger partial charge on any atom is 0.333 e. The van der Waals surface area contributed by atoms with Crippen molar-refractivity contribution in [3.05, 3.63) is 66.2 Å². The molecule has 5 nitrogen and oxygen atoms in total. The Hall–Kier alpha value is -3.05. The number of esters is 1. The van der Waals surface area contributed by atoms with Gasteiger partial charge in [-0.05, 0) is 32.0 Å². The van der Waals surface area contributed by atoms with Crippen molar-refractivity contribution in [3.8, 4) is 17.1 Å². The Morgan fingerprint density at radius 1 is 1.15 bits per heavy atom. The average molecular weight is 366 g/mol. The number of hydrogen-bond acceptors (Lipinski definition) is 5. The van der Waals surface area contributed by atoms with Gasteiger partial charge in [-0.1, -0.05) is 36.4 Å². The van der Waals surface area contributed by atoms with Crippen molar-refractivity contribution < 1.29 is 23.8 Å². The van der Waals surface area contributed by atoms with E-state index in [4.69, 9.17) is 13.9 Å². The fraction of sp³-hybridized carbons (Fsp3) is 0.227. The molecule has 0 bridgehead atoms. The van der Waals surface area contributed by atoms with Crippen LogP contribution in [0.25, 0.3) is 22.3 Å². The fourth-order valence-electron chi connectivity index (χ4n) is 2.50. The van der Waals surface area contributed by atoms with Crippen molar-refractivity contribution >= 4 is 16.9 Å².